The van der Waals surface area contributed by atoms with Gasteiger partial charge in [0.2, 0.25) is 0 Å². The summed E-state index contributed by atoms with van der Waals surface area (Å²) in [6.45, 7) is 0.155. The lowest BCUT2D eigenvalue weighted by molar-refractivity contribution is -0.386. The molecule has 0 heterocycles. The van der Waals surface area contributed by atoms with Crippen molar-refractivity contribution in [2.75, 3.05) is 0 Å². The van der Waals surface area contributed by atoms with Gasteiger partial charge in [0.05, 0.1) is 10.5 Å². The van der Waals surface area contributed by atoms with E-state index in [1.165, 1.54) is 13.0 Å². The number of nitrogens with zero attached hydrogens (tertiary/aromatic N) is 1. The molecule has 24 heavy (non-hydrogen) atoms. The fourth-order valence-corrected chi connectivity index (χ4v) is 1.55. The number of halogens is 7. The Labute approximate surface area is 129 Å². The number of nitro benzene ring substituents is 1. The van der Waals surface area contributed by atoms with Crippen molar-refractivity contribution in [3.05, 3.63) is 39.4 Å². The lowest BCUT2D eigenvalue weighted by Gasteiger charge is -2.26. The molecule has 12 heteroatoms. The van der Waals surface area contributed by atoms with E-state index < -0.39 is 46.8 Å². The number of carbonyl (C=O) groups is 1. The standard InChI is InChI=1S/C12H8F7NO4/c1-6-2-3-8(20(22)23)7(4-6)5-24-9(21)10(13,14)11(15,16)12(17,18)19/h2-4H,5H2,1H3. The van der Waals surface area contributed by atoms with Gasteiger partial charge >= 0.3 is 24.0 Å². The normalized spacial score (nSPS) is 12.8. The van der Waals surface area contributed by atoms with Crippen LogP contribution in [-0.4, -0.2) is 28.9 Å². The molecule has 0 atom stereocenters. The summed E-state index contributed by atoms with van der Waals surface area (Å²) in [7, 11) is 0. The van der Waals surface area contributed by atoms with Crippen LogP contribution in [0.5, 0.6) is 0 Å². The summed E-state index contributed by atoms with van der Waals surface area (Å²) in [5.74, 6) is -16.0. The van der Waals surface area contributed by atoms with Crippen LogP contribution in [0.4, 0.5) is 36.4 Å². The average molecular weight is 363 g/mol. The van der Waals surface area contributed by atoms with Crippen molar-refractivity contribution in [1.29, 1.82) is 0 Å². The minimum absolute atomic E-state index is 0.374. The van der Waals surface area contributed by atoms with Gasteiger partial charge in [-0.2, -0.15) is 30.7 Å². The van der Waals surface area contributed by atoms with Crippen LogP contribution in [0.3, 0.4) is 0 Å². The van der Waals surface area contributed by atoms with Crippen molar-refractivity contribution in [1.82, 2.24) is 0 Å². The van der Waals surface area contributed by atoms with Crippen LogP contribution in [0.15, 0.2) is 18.2 Å². The zero-order valence-corrected chi connectivity index (χ0v) is 11.7. The van der Waals surface area contributed by atoms with Gasteiger partial charge in [-0.3, -0.25) is 10.1 Å². The number of nitro groups is 1. The minimum Gasteiger partial charge on any atom is -0.456 e. The Morgan fingerprint density at radius 3 is 2.17 bits per heavy atom. The van der Waals surface area contributed by atoms with E-state index in [-0.39, 0.29) is 0 Å². The summed E-state index contributed by atoms with van der Waals surface area (Å²) in [6, 6.07) is 3.22. The van der Waals surface area contributed by atoms with Crippen LogP contribution < -0.4 is 0 Å². The molecule has 0 bridgehead atoms. The number of hydrogen-bond donors (Lipinski definition) is 0. The number of hydrogen-bond acceptors (Lipinski definition) is 4. The van der Waals surface area contributed by atoms with Gasteiger partial charge in [-0.15, -0.1) is 0 Å². The van der Waals surface area contributed by atoms with Crippen LogP contribution in [0.1, 0.15) is 11.1 Å². The fraction of sp³-hybridized carbons (Fsp3) is 0.417. The third-order valence-corrected chi connectivity index (χ3v) is 2.80. The molecule has 134 valence electrons. The molecule has 0 N–H and O–H groups in total. The molecule has 0 spiro atoms. The van der Waals surface area contributed by atoms with Crippen molar-refractivity contribution >= 4 is 11.7 Å². The Bertz CT molecular complexity index is 657. The van der Waals surface area contributed by atoms with Crippen LogP contribution in [0, 0.1) is 17.0 Å². The van der Waals surface area contributed by atoms with E-state index in [1.54, 1.807) is 0 Å². The molecule has 0 radical (unpaired) electrons. The molecule has 0 fully saturated rings. The van der Waals surface area contributed by atoms with Crippen molar-refractivity contribution in [2.24, 2.45) is 0 Å². The number of ether oxygens (including phenoxy) is 1. The molecule has 0 unspecified atom stereocenters. The van der Waals surface area contributed by atoms with Crippen molar-refractivity contribution in [2.45, 2.75) is 31.6 Å². The van der Waals surface area contributed by atoms with E-state index >= 15 is 0 Å². The lowest BCUT2D eigenvalue weighted by atomic mass is 10.1. The Morgan fingerprint density at radius 1 is 1.17 bits per heavy atom. The molecule has 5 nitrogen and oxygen atoms in total. The zero-order valence-electron chi connectivity index (χ0n) is 11.7. The minimum atomic E-state index is -6.69. The Kier molecular flexibility index (Phi) is 5.11. The van der Waals surface area contributed by atoms with Gasteiger partial charge in [0.1, 0.15) is 6.61 Å². The quantitative estimate of drug-likeness (QED) is 0.346. The number of esters is 1. The molecule has 0 aliphatic heterocycles. The number of benzene rings is 1. The SMILES string of the molecule is Cc1ccc([N+](=O)[O-])c(COC(=O)C(F)(F)C(F)(F)C(F)(F)F)c1. The highest BCUT2D eigenvalue weighted by atomic mass is 19.4. The van der Waals surface area contributed by atoms with Gasteiger partial charge < -0.3 is 4.74 Å². The highest BCUT2D eigenvalue weighted by Gasteiger charge is 2.77. The molecular weight excluding hydrogens is 355 g/mol. The first-order chi connectivity index (χ1) is 10.7. The lowest BCUT2D eigenvalue weighted by Crippen LogP contribution is -2.56. The molecule has 0 aliphatic rings. The van der Waals surface area contributed by atoms with Crippen LogP contribution in [0.25, 0.3) is 0 Å². The first-order valence-corrected chi connectivity index (χ1v) is 5.95. The smallest absolute Gasteiger partial charge is 0.456 e. The maximum atomic E-state index is 13.1. The number of rotatable bonds is 5. The highest BCUT2D eigenvalue weighted by Crippen LogP contribution is 2.47. The van der Waals surface area contributed by atoms with Gasteiger partial charge in [0.15, 0.2) is 0 Å². The molecule has 0 saturated carbocycles. The van der Waals surface area contributed by atoms with Gasteiger partial charge in [0, 0.05) is 6.07 Å². The van der Waals surface area contributed by atoms with Gasteiger partial charge in [0.25, 0.3) is 5.69 Å². The summed E-state index contributed by atoms with van der Waals surface area (Å²) in [5.41, 5.74) is -0.752. The van der Waals surface area contributed by atoms with E-state index in [9.17, 15) is 45.6 Å². The fourth-order valence-electron chi connectivity index (χ4n) is 1.55. The van der Waals surface area contributed by atoms with E-state index in [1.807, 2.05) is 0 Å². The Balaban J connectivity index is 3.02. The van der Waals surface area contributed by atoms with E-state index in [2.05, 4.69) is 4.74 Å². The first kappa shape index (κ1) is 19.6. The second kappa shape index (κ2) is 6.24. The Morgan fingerprint density at radius 2 is 1.71 bits per heavy atom. The summed E-state index contributed by atoms with van der Waals surface area (Å²) < 4.78 is 91.0. The maximum Gasteiger partial charge on any atom is 0.460 e. The topological polar surface area (TPSA) is 69.4 Å². The van der Waals surface area contributed by atoms with Gasteiger partial charge in [-0.1, -0.05) is 11.6 Å². The van der Waals surface area contributed by atoms with Gasteiger partial charge in [-0.05, 0) is 13.0 Å². The predicted molar refractivity (Wildman–Crippen MR) is 63.6 cm³/mol. The maximum absolute atomic E-state index is 13.1. The van der Waals surface area contributed by atoms with Crippen molar-refractivity contribution in [3.63, 3.8) is 0 Å². The van der Waals surface area contributed by atoms with Crippen LogP contribution >= 0.6 is 0 Å². The third-order valence-electron chi connectivity index (χ3n) is 2.80. The third kappa shape index (κ3) is 3.57. The molecular formula is C12H8F7NO4. The second-order valence-electron chi connectivity index (χ2n) is 4.61. The van der Waals surface area contributed by atoms with Gasteiger partial charge in [-0.25, -0.2) is 4.79 Å². The zero-order chi connectivity index (χ0) is 18.9. The number of aryl methyl sites for hydroxylation is 1. The van der Waals surface area contributed by atoms with Crippen molar-refractivity contribution in [3.8, 4) is 0 Å². The summed E-state index contributed by atoms with van der Waals surface area (Å²) in [5, 5.41) is 10.7. The highest BCUT2D eigenvalue weighted by molar-refractivity contribution is 5.79. The largest absolute Gasteiger partial charge is 0.460 e. The molecule has 1 rings (SSSR count). The molecule has 0 saturated heterocycles. The molecule has 1 aromatic rings. The first-order valence-electron chi connectivity index (χ1n) is 5.95. The summed E-state index contributed by atoms with van der Waals surface area (Å²) in [6.07, 6.45) is -6.69. The average Bonchev–Trinajstić information content (AvgIpc) is 2.42. The molecule has 0 aliphatic carbocycles. The number of carbonyl (C=O) groups excluding carboxylic acids is 1. The van der Waals surface area contributed by atoms with Crippen LogP contribution in [0.2, 0.25) is 0 Å². The van der Waals surface area contributed by atoms with E-state index in [0.717, 1.165) is 12.1 Å². The number of alkyl halides is 7. The summed E-state index contributed by atoms with van der Waals surface area (Å²) in [4.78, 5) is 20.7. The van der Waals surface area contributed by atoms with Crippen LogP contribution in [-0.2, 0) is 16.1 Å². The predicted octanol–water partition coefficient (Wildman–Crippen LogP) is 3.78. The van der Waals surface area contributed by atoms with E-state index in [4.69, 9.17) is 0 Å². The Hall–Kier alpha value is -2.40. The monoisotopic (exact) mass is 363 g/mol. The molecule has 0 aromatic heterocycles. The molecule has 1 aromatic carbocycles. The van der Waals surface area contributed by atoms with E-state index in [0.29, 0.717) is 5.56 Å². The summed E-state index contributed by atoms with van der Waals surface area (Å²) >= 11 is 0. The molecule has 0 amide bonds. The second-order valence-corrected chi connectivity index (χ2v) is 4.61. The van der Waals surface area contributed by atoms with Crippen molar-refractivity contribution < 1.29 is 45.2 Å².